The Balaban J connectivity index is 1.55. The van der Waals surface area contributed by atoms with E-state index in [0.717, 1.165) is 24.1 Å². The number of rotatable bonds is 9. The second kappa shape index (κ2) is 10.8. The van der Waals surface area contributed by atoms with E-state index >= 15 is 0 Å². The molecule has 0 saturated carbocycles. The zero-order valence-electron chi connectivity index (χ0n) is 20.8. The first-order valence-corrected chi connectivity index (χ1v) is 12.9. The summed E-state index contributed by atoms with van der Waals surface area (Å²) in [5.74, 6) is -0.215. The van der Waals surface area contributed by atoms with Gasteiger partial charge in [-0.3, -0.25) is 14.4 Å². The molecule has 0 unspecified atom stereocenters. The van der Waals surface area contributed by atoms with Crippen LogP contribution in [0.2, 0.25) is 5.02 Å². The van der Waals surface area contributed by atoms with Gasteiger partial charge in [0.05, 0.1) is 30.6 Å². The standard InChI is InChI=1S/C29H29ClN2O5/c1-3-5-17-36-23-16-11-19(18-24(23)35-4-2)26-25-27(37-32(26)22-9-7-6-8-10-22)29(34)31(28(25)33)21-14-12-20(30)13-15-21/h6-16,18,25-27H,3-5,17H2,1-2H3/t25-,26+,27+/m0/s1. The number of benzene rings is 3. The molecular weight excluding hydrogens is 492 g/mol. The summed E-state index contributed by atoms with van der Waals surface area (Å²) in [4.78, 5) is 34.7. The molecule has 3 atom stereocenters. The Bertz CT molecular complexity index is 1270. The number of unbranched alkanes of at least 4 members (excludes halogenated alkanes) is 1. The maximum absolute atomic E-state index is 13.8. The maximum atomic E-state index is 13.8. The lowest BCUT2D eigenvalue weighted by Crippen LogP contribution is -2.37. The third-order valence-electron chi connectivity index (χ3n) is 6.58. The van der Waals surface area contributed by atoms with Gasteiger partial charge in [0.15, 0.2) is 17.6 Å². The average molecular weight is 521 g/mol. The molecule has 0 N–H and O–H groups in total. The smallest absolute Gasteiger partial charge is 0.266 e. The van der Waals surface area contributed by atoms with Crippen LogP contribution in [0.4, 0.5) is 11.4 Å². The summed E-state index contributed by atoms with van der Waals surface area (Å²) in [6.45, 7) is 5.08. The lowest BCUT2D eigenvalue weighted by Gasteiger charge is -2.29. The fourth-order valence-corrected chi connectivity index (χ4v) is 4.95. The van der Waals surface area contributed by atoms with Crippen LogP contribution in [0.5, 0.6) is 11.5 Å². The van der Waals surface area contributed by atoms with Crippen LogP contribution in [-0.2, 0) is 14.4 Å². The molecule has 3 aromatic rings. The number of carbonyl (C=O) groups is 2. The number of amides is 2. The van der Waals surface area contributed by atoms with Gasteiger partial charge in [-0.15, -0.1) is 0 Å². The van der Waals surface area contributed by atoms with Crippen molar-refractivity contribution in [2.24, 2.45) is 5.92 Å². The molecule has 37 heavy (non-hydrogen) atoms. The highest BCUT2D eigenvalue weighted by Crippen LogP contribution is 2.48. The molecule has 2 fully saturated rings. The number of hydrogen-bond acceptors (Lipinski definition) is 6. The lowest BCUT2D eigenvalue weighted by atomic mass is 9.90. The van der Waals surface area contributed by atoms with Crippen molar-refractivity contribution in [3.8, 4) is 11.5 Å². The normalized spacial score (nSPS) is 20.9. The van der Waals surface area contributed by atoms with Crippen LogP contribution < -0.4 is 19.4 Å². The van der Waals surface area contributed by atoms with E-state index in [2.05, 4.69) is 6.92 Å². The van der Waals surface area contributed by atoms with Gasteiger partial charge in [-0.2, -0.15) is 0 Å². The van der Waals surface area contributed by atoms with E-state index in [1.165, 1.54) is 4.90 Å². The van der Waals surface area contributed by atoms with Gasteiger partial charge in [-0.1, -0.05) is 49.2 Å². The molecule has 7 nitrogen and oxygen atoms in total. The molecule has 8 heteroatoms. The van der Waals surface area contributed by atoms with Crippen molar-refractivity contribution >= 4 is 34.8 Å². The zero-order chi connectivity index (χ0) is 25.9. The first-order chi connectivity index (χ1) is 18.0. The SMILES string of the molecule is CCCCOc1ccc([C@@H]2[C@@H]3C(=O)N(c4ccc(Cl)cc4)C(=O)[C@@H]3ON2c2ccccc2)cc1OCC. The molecule has 0 aliphatic carbocycles. The van der Waals surface area contributed by atoms with Crippen LogP contribution in [0.25, 0.3) is 0 Å². The number of para-hydroxylation sites is 1. The van der Waals surface area contributed by atoms with Gasteiger partial charge in [0, 0.05) is 5.02 Å². The predicted molar refractivity (Wildman–Crippen MR) is 142 cm³/mol. The summed E-state index contributed by atoms with van der Waals surface area (Å²) >= 11 is 6.03. The third-order valence-corrected chi connectivity index (χ3v) is 6.83. The summed E-state index contributed by atoms with van der Waals surface area (Å²) < 4.78 is 11.9. The van der Waals surface area contributed by atoms with Crippen LogP contribution in [0, 0.1) is 5.92 Å². The van der Waals surface area contributed by atoms with E-state index < -0.39 is 24.0 Å². The van der Waals surface area contributed by atoms with E-state index in [1.54, 1.807) is 29.3 Å². The van der Waals surface area contributed by atoms with Crippen molar-refractivity contribution in [1.29, 1.82) is 0 Å². The number of ether oxygens (including phenoxy) is 2. The predicted octanol–water partition coefficient (Wildman–Crippen LogP) is 5.97. The molecule has 2 saturated heterocycles. The van der Waals surface area contributed by atoms with E-state index in [0.29, 0.717) is 35.4 Å². The molecule has 5 rings (SSSR count). The highest BCUT2D eigenvalue weighted by Gasteiger charge is 2.60. The van der Waals surface area contributed by atoms with Gasteiger partial charge < -0.3 is 9.47 Å². The van der Waals surface area contributed by atoms with Crippen LogP contribution in [-0.4, -0.2) is 31.1 Å². The molecule has 3 aromatic carbocycles. The van der Waals surface area contributed by atoms with Crippen LogP contribution in [0.1, 0.15) is 38.3 Å². The molecule has 2 aliphatic rings. The first-order valence-electron chi connectivity index (χ1n) is 12.6. The fraction of sp³-hybridized carbons (Fsp3) is 0.310. The van der Waals surface area contributed by atoms with Gasteiger partial charge in [0.1, 0.15) is 5.92 Å². The minimum Gasteiger partial charge on any atom is -0.490 e. The third kappa shape index (κ3) is 4.77. The molecule has 0 spiro atoms. The summed E-state index contributed by atoms with van der Waals surface area (Å²) in [6.07, 6.45) is 1.01. The second-order valence-corrected chi connectivity index (χ2v) is 9.42. The quantitative estimate of drug-likeness (QED) is 0.256. The number of carbonyl (C=O) groups excluding carboxylic acids is 2. The Morgan fingerprint density at radius 1 is 0.865 bits per heavy atom. The molecule has 2 amide bonds. The molecular formula is C29H29ClN2O5. The average Bonchev–Trinajstić information content (AvgIpc) is 3.42. The molecule has 2 aliphatic heterocycles. The van der Waals surface area contributed by atoms with Crippen molar-refractivity contribution < 1.29 is 23.9 Å². The Kier molecular flexibility index (Phi) is 7.35. The Labute approximate surface area is 221 Å². The van der Waals surface area contributed by atoms with Crippen molar-refractivity contribution in [3.05, 3.63) is 83.4 Å². The monoisotopic (exact) mass is 520 g/mol. The highest BCUT2D eigenvalue weighted by molar-refractivity contribution is 6.31. The fourth-order valence-electron chi connectivity index (χ4n) is 4.82. The lowest BCUT2D eigenvalue weighted by molar-refractivity contribution is -0.126. The number of hydrogen-bond donors (Lipinski definition) is 0. The van der Waals surface area contributed by atoms with E-state index in [9.17, 15) is 9.59 Å². The van der Waals surface area contributed by atoms with Crippen LogP contribution in [0.15, 0.2) is 72.8 Å². The minimum absolute atomic E-state index is 0.318. The van der Waals surface area contributed by atoms with Gasteiger partial charge >= 0.3 is 0 Å². The molecule has 0 bridgehead atoms. The number of imide groups is 1. The minimum atomic E-state index is -0.954. The number of nitrogens with zero attached hydrogens (tertiary/aromatic N) is 2. The van der Waals surface area contributed by atoms with E-state index in [1.807, 2.05) is 55.5 Å². The van der Waals surface area contributed by atoms with Gasteiger partial charge in [0.25, 0.3) is 5.91 Å². The van der Waals surface area contributed by atoms with Crippen LogP contribution >= 0.6 is 11.6 Å². The first kappa shape index (κ1) is 25.1. The largest absolute Gasteiger partial charge is 0.490 e. The highest BCUT2D eigenvalue weighted by atomic mass is 35.5. The molecule has 0 aromatic heterocycles. The number of fused-ring (bicyclic) bond motifs is 1. The van der Waals surface area contributed by atoms with E-state index in [4.69, 9.17) is 25.9 Å². The van der Waals surface area contributed by atoms with Gasteiger partial charge in [-0.25, -0.2) is 9.96 Å². The Morgan fingerprint density at radius 3 is 2.32 bits per heavy atom. The topological polar surface area (TPSA) is 68.3 Å². The number of anilines is 2. The van der Waals surface area contributed by atoms with Crippen molar-refractivity contribution in [2.75, 3.05) is 23.2 Å². The summed E-state index contributed by atoms with van der Waals surface area (Å²) in [5.41, 5.74) is 2.01. The van der Waals surface area contributed by atoms with Gasteiger partial charge in [0.2, 0.25) is 5.91 Å². The molecule has 192 valence electrons. The van der Waals surface area contributed by atoms with Crippen LogP contribution in [0.3, 0.4) is 0 Å². The van der Waals surface area contributed by atoms with Crippen molar-refractivity contribution in [3.63, 3.8) is 0 Å². The zero-order valence-corrected chi connectivity index (χ0v) is 21.6. The van der Waals surface area contributed by atoms with Crippen molar-refractivity contribution in [2.45, 2.75) is 38.8 Å². The Hall–Kier alpha value is -3.55. The summed E-state index contributed by atoms with van der Waals surface area (Å²) in [5, 5.41) is 2.20. The van der Waals surface area contributed by atoms with Crippen molar-refractivity contribution in [1.82, 2.24) is 0 Å². The second-order valence-electron chi connectivity index (χ2n) is 8.99. The maximum Gasteiger partial charge on any atom is 0.266 e. The summed E-state index contributed by atoms with van der Waals surface area (Å²) in [7, 11) is 0. The summed E-state index contributed by atoms with van der Waals surface area (Å²) in [6, 6.07) is 21.2. The Morgan fingerprint density at radius 2 is 1.62 bits per heavy atom. The molecule has 2 heterocycles. The number of hydroxylamine groups is 1. The van der Waals surface area contributed by atoms with Gasteiger partial charge in [-0.05, 0) is 67.4 Å². The number of halogens is 1. The molecule has 0 radical (unpaired) electrons. The van der Waals surface area contributed by atoms with E-state index in [-0.39, 0.29) is 5.91 Å².